The van der Waals surface area contributed by atoms with Gasteiger partial charge in [-0.25, -0.2) is 24.8 Å². The topological polar surface area (TPSA) is 95.8 Å². The van der Waals surface area contributed by atoms with E-state index < -0.39 is 16.0 Å². The van der Waals surface area contributed by atoms with Crippen LogP contribution in [0.15, 0.2) is 48.8 Å². The molecule has 0 bridgehead atoms. The minimum absolute atomic E-state index is 0.0842. The normalized spacial score (nSPS) is 14.7. The van der Waals surface area contributed by atoms with Gasteiger partial charge < -0.3 is 23.7 Å². The Morgan fingerprint density at radius 3 is 2.56 bits per heavy atom. The zero-order chi connectivity index (χ0) is 27.8. The fraction of sp³-hybridized carbons (Fsp3) is 0.448. The van der Waals surface area contributed by atoms with Crippen LogP contribution < -0.4 is 4.74 Å². The van der Waals surface area contributed by atoms with Gasteiger partial charge in [-0.05, 0) is 43.2 Å². The minimum atomic E-state index is -0.669. The molecule has 0 unspecified atom stereocenters. The molecule has 1 aliphatic rings. The van der Waals surface area contributed by atoms with Gasteiger partial charge in [-0.1, -0.05) is 30.3 Å². The first kappa shape index (κ1) is 28.6. The molecule has 2 aromatic heterocycles. The Balaban J connectivity index is 1.72. The second-order valence-corrected chi connectivity index (χ2v) is 15.1. The molecule has 210 valence electrons. The summed E-state index contributed by atoms with van der Waals surface area (Å²) in [5, 5.41) is 0. The van der Waals surface area contributed by atoms with Crippen LogP contribution in [0.2, 0.25) is 0 Å². The summed E-state index contributed by atoms with van der Waals surface area (Å²) in [5.41, 5.74) is 2.49. The van der Waals surface area contributed by atoms with E-state index in [1.807, 2.05) is 41.1 Å². The van der Waals surface area contributed by atoms with Crippen molar-refractivity contribution in [2.45, 2.75) is 32.1 Å². The molecule has 10 heteroatoms. The molecular weight excluding hydrogens is 516 g/mol. The van der Waals surface area contributed by atoms with Gasteiger partial charge in [0.05, 0.1) is 13.7 Å². The number of hydrogen-bond donors (Lipinski definition) is 0. The summed E-state index contributed by atoms with van der Waals surface area (Å²) in [6.07, 6.45) is 12.7. The van der Waals surface area contributed by atoms with Gasteiger partial charge in [0.25, 0.3) is 0 Å². The summed E-state index contributed by atoms with van der Waals surface area (Å²) in [6.45, 7) is 2.48. The van der Waals surface area contributed by atoms with Crippen LogP contribution in [0.3, 0.4) is 0 Å². The number of amides is 1. The quantitative estimate of drug-likeness (QED) is 0.187. The van der Waals surface area contributed by atoms with Gasteiger partial charge >= 0.3 is 5.97 Å². The Morgan fingerprint density at radius 2 is 1.90 bits per heavy atom. The first-order valence-corrected chi connectivity index (χ1v) is 16.1. The standard InChI is InChI=1S/C29H38N4O5S/c1-36-29(35)24-18-25(23-10-13-32(20-34)14-11-23)31-26(27(24)38-19-22-8-6-5-7-9-22)28-30-12-15-33(28)21-37-16-17-39(2,3)4/h5-9,12,15,18,20,23H,10-11,13-14,16-17,19,21H2,1-4H3. The fourth-order valence-corrected chi connectivity index (χ4v) is 5.07. The Morgan fingerprint density at radius 1 is 1.15 bits per heavy atom. The summed E-state index contributed by atoms with van der Waals surface area (Å²) in [4.78, 5) is 35.7. The molecule has 4 rings (SSSR count). The average molecular weight is 555 g/mol. The fourth-order valence-electron chi connectivity index (χ4n) is 4.45. The van der Waals surface area contributed by atoms with Crippen LogP contribution >= 0.6 is 10.0 Å². The average Bonchev–Trinajstić information content (AvgIpc) is 3.42. The molecule has 1 saturated heterocycles. The van der Waals surface area contributed by atoms with E-state index >= 15 is 0 Å². The Kier molecular flexibility index (Phi) is 9.63. The Hall–Kier alpha value is -3.37. The maximum absolute atomic E-state index is 13.1. The maximum atomic E-state index is 13.1. The van der Waals surface area contributed by atoms with E-state index in [9.17, 15) is 9.59 Å². The lowest BCUT2D eigenvalue weighted by Crippen LogP contribution is -2.32. The third-order valence-corrected chi connectivity index (χ3v) is 8.11. The van der Waals surface area contributed by atoms with Crippen LogP contribution in [0.5, 0.6) is 5.75 Å². The third-order valence-electron chi connectivity index (χ3n) is 6.72. The smallest absolute Gasteiger partial charge is 0.341 e. The molecule has 0 spiro atoms. The number of nitrogens with zero attached hydrogens (tertiary/aromatic N) is 4. The molecule has 1 fully saturated rings. The predicted molar refractivity (Wildman–Crippen MR) is 153 cm³/mol. The summed E-state index contributed by atoms with van der Waals surface area (Å²) in [7, 11) is 0.690. The molecule has 0 saturated carbocycles. The molecule has 9 nitrogen and oxygen atoms in total. The zero-order valence-corrected chi connectivity index (χ0v) is 24.0. The molecule has 0 radical (unpaired) electrons. The van der Waals surface area contributed by atoms with Gasteiger partial charge in [0, 0.05) is 42.8 Å². The van der Waals surface area contributed by atoms with Crippen LogP contribution in [0, 0.1) is 0 Å². The number of likely N-dealkylation sites (tertiary alicyclic amines) is 1. The lowest BCUT2D eigenvalue weighted by Gasteiger charge is -2.29. The summed E-state index contributed by atoms with van der Waals surface area (Å²) in [5.74, 6) is 1.46. The van der Waals surface area contributed by atoms with Gasteiger partial charge in [0.15, 0.2) is 11.6 Å². The molecule has 3 heterocycles. The molecule has 0 atom stereocenters. The van der Waals surface area contributed by atoms with Crippen molar-refractivity contribution in [2.75, 3.05) is 51.3 Å². The highest BCUT2D eigenvalue weighted by molar-refractivity contribution is 8.32. The highest BCUT2D eigenvalue weighted by atomic mass is 32.3. The minimum Gasteiger partial charge on any atom is -0.486 e. The summed E-state index contributed by atoms with van der Waals surface area (Å²) in [6, 6.07) is 11.5. The van der Waals surface area contributed by atoms with Crippen molar-refractivity contribution in [2.24, 2.45) is 0 Å². The van der Waals surface area contributed by atoms with E-state index in [0.29, 0.717) is 49.3 Å². The van der Waals surface area contributed by atoms with Crippen molar-refractivity contribution >= 4 is 22.4 Å². The largest absolute Gasteiger partial charge is 0.486 e. The first-order chi connectivity index (χ1) is 18.8. The van der Waals surface area contributed by atoms with Crippen LogP contribution in [0.25, 0.3) is 11.5 Å². The molecular formula is C29H38N4O5S. The van der Waals surface area contributed by atoms with E-state index in [1.54, 1.807) is 17.2 Å². The number of benzene rings is 1. The van der Waals surface area contributed by atoms with Gasteiger partial charge in [-0.3, -0.25) is 4.79 Å². The second kappa shape index (κ2) is 13.1. The predicted octanol–water partition coefficient (Wildman–Crippen LogP) is 4.31. The van der Waals surface area contributed by atoms with Crippen molar-refractivity contribution in [1.29, 1.82) is 0 Å². The molecule has 3 aromatic rings. The molecule has 0 aliphatic carbocycles. The van der Waals surface area contributed by atoms with Crippen LogP contribution in [0.4, 0.5) is 0 Å². The van der Waals surface area contributed by atoms with Gasteiger partial charge in [0.1, 0.15) is 24.6 Å². The lowest BCUT2D eigenvalue weighted by molar-refractivity contribution is -0.119. The van der Waals surface area contributed by atoms with Crippen molar-refractivity contribution in [3.63, 3.8) is 0 Å². The number of hydrogen-bond acceptors (Lipinski definition) is 7. The summed E-state index contributed by atoms with van der Waals surface area (Å²) >= 11 is 0. The van der Waals surface area contributed by atoms with Gasteiger partial charge in [-0.15, -0.1) is 0 Å². The number of esters is 1. The monoisotopic (exact) mass is 554 g/mol. The Labute approximate surface area is 231 Å². The van der Waals surface area contributed by atoms with Crippen LogP contribution in [-0.4, -0.2) is 83.1 Å². The van der Waals surface area contributed by atoms with Crippen LogP contribution in [-0.2, 0) is 27.6 Å². The van der Waals surface area contributed by atoms with Gasteiger partial charge in [0.2, 0.25) is 6.41 Å². The number of carbonyl (C=O) groups is 2. The Bertz CT molecular complexity index is 1250. The number of carbonyl (C=O) groups excluding carboxylic acids is 2. The van der Waals surface area contributed by atoms with Crippen molar-refractivity contribution in [1.82, 2.24) is 19.4 Å². The van der Waals surface area contributed by atoms with Crippen molar-refractivity contribution in [3.8, 4) is 17.3 Å². The van der Waals surface area contributed by atoms with Crippen molar-refractivity contribution in [3.05, 3.63) is 65.6 Å². The van der Waals surface area contributed by atoms with E-state index in [2.05, 4.69) is 23.8 Å². The number of methoxy groups -OCH3 is 1. The lowest BCUT2D eigenvalue weighted by atomic mass is 9.92. The highest BCUT2D eigenvalue weighted by Crippen LogP contribution is 2.37. The van der Waals surface area contributed by atoms with E-state index in [-0.39, 0.29) is 12.5 Å². The van der Waals surface area contributed by atoms with Gasteiger partial charge in [-0.2, -0.15) is 0 Å². The third kappa shape index (κ3) is 7.60. The summed E-state index contributed by atoms with van der Waals surface area (Å²) < 4.78 is 19.3. The number of ether oxygens (including phenoxy) is 3. The van der Waals surface area contributed by atoms with E-state index in [1.165, 1.54) is 7.11 Å². The molecule has 0 N–H and O–H groups in total. The first-order valence-electron chi connectivity index (χ1n) is 13.0. The molecule has 1 aromatic carbocycles. The molecule has 1 amide bonds. The second-order valence-electron chi connectivity index (χ2n) is 10.5. The van der Waals surface area contributed by atoms with Crippen molar-refractivity contribution < 1.29 is 23.8 Å². The van der Waals surface area contributed by atoms with E-state index in [0.717, 1.165) is 36.3 Å². The maximum Gasteiger partial charge on any atom is 0.341 e. The molecule has 1 aliphatic heterocycles. The number of piperidine rings is 1. The molecule has 39 heavy (non-hydrogen) atoms. The SMILES string of the molecule is COC(=O)c1cc(C2CCN(C=O)CC2)nc(-c2nccn2COCCS(C)(C)C)c1OCc1ccccc1. The number of aromatic nitrogens is 3. The number of pyridine rings is 1. The van der Waals surface area contributed by atoms with E-state index in [4.69, 9.17) is 19.2 Å². The highest BCUT2D eigenvalue weighted by Gasteiger charge is 2.28. The number of rotatable bonds is 12. The van der Waals surface area contributed by atoms with Crippen LogP contribution in [0.1, 0.15) is 40.4 Å². The zero-order valence-electron chi connectivity index (χ0n) is 23.2. The number of imidazole rings is 1.